The summed E-state index contributed by atoms with van der Waals surface area (Å²) < 4.78 is 1.77. The molecule has 0 saturated carbocycles. The Labute approximate surface area is 133 Å². The van der Waals surface area contributed by atoms with Gasteiger partial charge in [-0.3, -0.25) is 0 Å². The van der Waals surface area contributed by atoms with Crippen LogP contribution in [0.1, 0.15) is 11.3 Å². The van der Waals surface area contributed by atoms with Gasteiger partial charge in [0.25, 0.3) is 0 Å². The molecule has 21 heavy (non-hydrogen) atoms. The number of rotatable bonds is 4. The van der Waals surface area contributed by atoms with E-state index in [0.717, 1.165) is 29.8 Å². The zero-order chi connectivity index (χ0) is 14.7. The van der Waals surface area contributed by atoms with Crippen LogP contribution in [0.5, 0.6) is 0 Å². The zero-order valence-electron chi connectivity index (χ0n) is 11.2. The fourth-order valence-corrected chi connectivity index (χ4v) is 2.54. The SMILES string of the molecule is Clc1cccc(CCc2cn(-c3ccccc3)nn2)c1Cl. The number of benzene rings is 2. The van der Waals surface area contributed by atoms with Crippen molar-refractivity contribution < 1.29 is 0 Å². The molecule has 0 radical (unpaired) electrons. The molecule has 2 aromatic carbocycles. The standard InChI is InChI=1S/C16H13Cl2N3/c17-15-8-4-5-12(16(15)18)9-10-13-11-21(20-19-13)14-6-2-1-3-7-14/h1-8,11H,9-10H2. The van der Waals surface area contributed by atoms with E-state index in [-0.39, 0.29) is 0 Å². The molecule has 1 heterocycles. The molecule has 0 N–H and O–H groups in total. The number of aryl methyl sites for hydroxylation is 2. The van der Waals surface area contributed by atoms with Crippen LogP contribution < -0.4 is 0 Å². The fraction of sp³-hybridized carbons (Fsp3) is 0.125. The summed E-state index contributed by atoms with van der Waals surface area (Å²) in [4.78, 5) is 0. The van der Waals surface area contributed by atoms with Gasteiger partial charge < -0.3 is 0 Å². The Kier molecular flexibility index (Phi) is 4.23. The van der Waals surface area contributed by atoms with Crippen molar-refractivity contribution in [2.45, 2.75) is 12.8 Å². The maximum Gasteiger partial charge on any atom is 0.0835 e. The number of para-hydroxylation sites is 1. The molecule has 0 spiro atoms. The lowest BCUT2D eigenvalue weighted by Crippen LogP contribution is -1.94. The molecule has 0 amide bonds. The molecule has 0 unspecified atom stereocenters. The lowest BCUT2D eigenvalue weighted by atomic mass is 10.1. The Hall–Kier alpha value is -1.84. The van der Waals surface area contributed by atoms with Gasteiger partial charge in [-0.1, -0.05) is 58.7 Å². The van der Waals surface area contributed by atoms with Crippen molar-refractivity contribution >= 4 is 23.2 Å². The monoisotopic (exact) mass is 317 g/mol. The maximum absolute atomic E-state index is 6.19. The highest BCUT2D eigenvalue weighted by molar-refractivity contribution is 6.42. The van der Waals surface area contributed by atoms with Crippen molar-refractivity contribution in [2.75, 3.05) is 0 Å². The highest BCUT2D eigenvalue weighted by Gasteiger charge is 2.07. The number of hydrogen-bond donors (Lipinski definition) is 0. The maximum atomic E-state index is 6.19. The highest BCUT2D eigenvalue weighted by atomic mass is 35.5. The normalized spacial score (nSPS) is 10.8. The van der Waals surface area contributed by atoms with Crippen LogP contribution in [0.2, 0.25) is 10.0 Å². The summed E-state index contributed by atoms with van der Waals surface area (Å²) in [5.74, 6) is 0. The molecule has 106 valence electrons. The molecule has 0 fully saturated rings. The number of hydrogen-bond acceptors (Lipinski definition) is 2. The van der Waals surface area contributed by atoms with Gasteiger partial charge in [0.05, 0.1) is 27.6 Å². The molecule has 0 aliphatic carbocycles. The van der Waals surface area contributed by atoms with E-state index in [1.54, 1.807) is 10.7 Å². The van der Waals surface area contributed by atoms with Gasteiger partial charge in [-0.15, -0.1) is 5.10 Å². The number of halogens is 2. The minimum Gasteiger partial charge on any atom is -0.220 e. The second-order valence-electron chi connectivity index (χ2n) is 4.70. The van der Waals surface area contributed by atoms with Gasteiger partial charge >= 0.3 is 0 Å². The summed E-state index contributed by atoms with van der Waals surface area (Å²) >= 11 is 12.2. The first-order chi connectivity index (χ1) is 10.2. The van der Waals surface area contributed by atoms with Gasteiger partial charge in [-0.25, -0.2) is 4.68 Å². The summed E-state index contributed by atoms with van der Waals surface area (Å²) in [7, 11) is 0. The average molecular weight is 318 g/mol. The summed E-state index contributed by atoms with van der Waals surface area (Å²) in [5, 5.41) is 9.55. The Balaban J connectivity index is 1.72. The molecular weight excluding hydrogens is 305 g/mol. The van der Waals surface area contributed by atoms with Gasteiger partial charge in [-0.2, -0.15) is 0 Å². The molecule has 3 nitrogen and oxygen atoms in total. The van der Waals surface area contributed by atoms with Crippen molar-refractivity contribution in [3.63, 3.8) is 0 Å². The second-order valence-corrected chi connectivity index (χ2v) is 5.49. The molecule has 3 rings (SSSR count). The Bertz CT molecular complexity index is 738. The smallest absolute Gasteiger partial charge is 0.0835 e. The number of aromatic nitrogens is 3. The summed E-state index contributed by atoms with van der Waals surface area (Å²) in [5.41, 5.74) is 2.95. The van der Waals surface area contributed by atoms with E-state index in [1.165, 1.54) is 0 Å². The average Bonchev–Trinajstić information content (AvgIpc) is 2.99. The Morgan fingerprint density at radius 2 is 1.71 bits per heavy atom. The minimum absolute atomic E-state index is 0.585. The lowest BCUT2D eigenvalue weighted by Gasteiger charge is -2.03. The molecule has 0 atom stereocenters. The Morgan fingerprint density at radius 3 is 2.52 bits per heavy atom. The molecule has 0 aliphatic rings. The van der Waals surface area contributed by atoms with Crippen LogP contribution in [-0.2, 0) is 12.8 Å². The van der Waals surface area contributed by atoms with Crippen molar-refractivity contribution in [1.29, 1.82) is 0 Å². The third kappa shape index (κ3) is 3.26. The van der Waals surface area contributed by atoms with Gasteiger partial charge in [0.2, 0.25) is 0 Å². The quantitative estimate of drug-likeness (QED) is 0.715. The van der Waals surface area contributed by atoms with Gasteiger partial charge in [-0.05, 0) is 36.6 Å². The van der Waals surface area contributed by atoms with Crippen LogP contribution >= 0.6 is 23.2 Å². The van der Waals surface area contributed by atoms with Crippen LogP contribution in [0.3, 0.4) is 0 Å². The van der Waals surface area contributed by atoms with Crippen LogP contribution in [-0.4, -0.2) is 15.0 Å². The predicted molar refractivity (Wildman–Crippen MR) is 85.2 cm³/mol. The minimum atomic E-state index is 0.585. The van der Waals surface area contributed by atoms with Crippen molar-refractivity contribution in [3.05, 3.63) is 76.0 Å². The first-order valence-corrected chi connectivity index (χ1v) is 7.39. The van der Waals surface area contributed by atoms with E-state index in [9.17, 15) is 0 Å². The van der Waals surface area contributed by atoms with Crippen LogP contribution in [0.25, 0.3) is 5.69 Å². The van der Waals surface area contributed by atoms with Crippen LogP contribution in [0, 0.1) is 0 Å². The van der Waals surface area contributed by atoms with Crippen LogP contribution in [0.4, 0.5) is 0 Å². The van der Waals surface area contributed by atoms with E-state index in [0.29, 0.717) is 10.0 Å². The van der Waals surface area contributed by atoms with E-state index in [2.05, 4.69) is 10.3 Å². The van der Waals surface area contributed by atoms with Gasteiger partial charge in [0, 0.05) is 0 Å². The number of nitrogens with zero attached hydrogens (tertiary/aromatic N) is 3. The second kappa shape index (κ2) is 6.29. The molecular formula is C16H13Cl2N3. The Morgan fingerprint density at radius 1 is 0.905 bits per heavy atom. The molecule has 1 aromatic heterocycles. The van der Waals surface area contributed by atoms with Crippen LogP contribution in [0.15, 0.2) is 54.7 Å². The topological polar surface area (TPSA) is 30.7 Å². The third-order valence-electron chi connectivity index (χ3n) is 3.24. The summed E-state index contributed by atoms with van der Waals surface area (Å²) in [6, 6.07) is 15.6. The van der Waals surface area contributed by atoms with Crippen molar-refractivity contribution in [2.24, 2.45) is 0 Å². The first-order valence-electron chi connectivity index (χ1n) is 6.63. The molecule has 0 saturated heterocycles. The highest BCUT2D eigenvalue weighted by Crippen LogP contribution is 2.26. The fourth-order valence-electron chi connectivity index (χ4n) is 2.12. The van der Waals surface area contributed by atoms with Gasteiger partial charge in [0.15, 0.2) is 0 Å². The van der Waals surface area contributed by atoms with Crippen molar-refractivity contribution in [1.82, 2.24) is 15.0 Å². The molecule has 0 bridgehead atoms. The lowest BCUT2D eigenvalue weighted by molar-refractivity contribution is 0.794. The zero-order valence-corrected chi connectivity index (χ0v) is 12.7. The summed E-state index contributed by atoms with van der Waals surface area (Å²) in [6.07, 6.45) is 3.49. The third-order valence-corrected chi connectivity index (χ3v) is 4.10. The van der Waals surface area contributed by atoms with E-state index in [1.807, 2.05) is 48.7 Å². The molecule has 3 aromatic rings. The molecule has 0 aliphatic heterocycles. The summed E-state index contributed by atoms with van der Waals surface area (Å²) in [6.45, 7) is 0. The molecule has 5 heteroatoms. The van der Waals surface area contributed by atoms with Gasteiger partial charge in [0.1, 0.15) is 0 Å². The predicted octanol–water partition coefficient (Wildman–Crippen LogP) is 4.36. The first kappa shape index (κ1) is 14.1. The van der Waals surface area contributed by atoms with Crippen molar-refractivity contribution in [3.8, 4) is 5.69 Å². The van der Waals surface area contributed by atoms with E-state index < -0.39 is 0 Å². The largest absolute Gasteiger partial charge is 0.220 e. The van der Waals surface area contributed by atoms with E-state index in [4.69, 9.17) is 23.2 Å². The van der Waals surface area contributed by atoms with E-state index >= 15 is 0 Å².